The maximum absolute atomic E-state index is 13.5. The third-order valence-electron chi connectivity index (χ3n) is 2.39. The van der Waals surface area contributed by atoms with Crippen LogP contribution in [0.1, 0.15) is 23.0 Å². The van der Waals surface area contributed by atoms with E-state index in [4.69, 9.17) is 5.73 Å². The highest BCUT2D eigenvalue weighted by Crippen LogP contribution is 2.22. The number of halogens is 2. The quantitative estimate of drug-likeness (QED) is 0.867. The highest BCUT2D eigenvalue weighted by molar-refractivity contribution is 5.27. The van der Waals surface area contributed by atoms with Crippen LogP contribution in [0, 0.1) is 18.6 Å². The largest absolute Gasteiger partial charge is 0.317 e. The minimum absolute atomic E-state index is 0.194. The topological polar surface area (TPSA) is 51.8 Å². The first kappa shape index (κ1) is 11.6. The van der Waals surface area contributed by atoms with Crippen LogP contribution in [-0.4, -0.2) is 9.97 Å². The fourth-order valence-corrected chi connectivity index (χ4v) is 1.50. The van der Waals surface area contributed by atoms with E-state index in [9.17, 15) is 8.78 Å². The van der Waals surface area contributed by atoms with E-state index >= 15 is 0 Å². The van der Waals surface area contributed by atoms with Crippen molar-refractivity contribution in [1.82, 2.24) is 9.97 Å². The van der Waals surface area contributed by atoms with Gasteiger partial charge >= 0.3 is 0 Å². The van der Waals surface area contributed by atoms with Gasteiger partial charge in [-0.15, -0.1) is 0 Å². The molecule has 1 unspecified atom stereocenters. The summed E-state index contributed by atoms with van der Waals surface area (Å²) in [5, 5.41) is 0. The monoisotopic (exact) mass is 235 g/mol. The van der Waals surface area contributed by atoms with Gasteiger partial charge in [0.05, 0.1) is 6.04 Å². The normalized spacial score (nSPS) is 12.5. The van der Waals surface area contributed by atoms with E-state index in [1.165, 1.54) is 6.07 Å². The van der Waals surface area contributed by atoms with E-state index in [1.807, 2.05) is 6.92 Å². The molecule has 1 aromatic heterocycles. The summed E-state index contributed by atoms with van der Waals surface area (Å²) in [5.74, 6) is -1.19. The van der Waals surface area contributed by atoms with Gasteiger partial charge in [-0.2, -0.15) is 0 Å². The Bertz CT molecular complexity index is 506. The van der Waals surface area contributed by atoms with E-state index in [2.05, 4.69) is 9.97 Å². The lowest BCUT2D eigenvalue weighted by atomic mass is 10.1. The summed E-state index contributed by atoms with van der Waals surface area (Å²) in [4.78, 5) is 7.93. The molecule has 1 aromatic carbocycles. The minimum Gasteiger partial charge on any atom is -0.317 e. The Morgan fingerprint density at radius 3 is 2.18 bits per heavy atom. The lowest BCUT2D eigenvalue weighted by Gasteiger charge is -2.12. The van der Waals surface area contributed by atoms with Crippen LogP contribution in [0.15, 0.2) is 30.6 Å². The lowest BCUT2D eigenvalue weighted by molar-refractivity contribution is 0.537. The van der Waals surface area contributed by atoms with Crippen molar-refractivity contribution < 1.29 is 8.78 Å². The van der Waals surface area contributed by atoms with E-state index in [0.717, 1.165) is 17.7 Å². The summed E-state index contributed by atoms with van der Waals surface area (Å²) in [7, 11) is 0. The van der Waals surface area contributed by atoms with Crippen molar-refractivity contribution in [2.75, 3.05) is 0 Å². The van der Waals surface area contributed by atoms with Crippen molar-refractivity contribution in [2.45, 2.75) is 13.0 Å². The Hall–Kier alpha value is -1.88. The first-order chi connectivity index (χ1) is 8.09. The van der Waals surface area contributed by atoms with Crippen LogP contribution in [0.2, 0.25) is 0 Å². The summed E-state index contributed by atoms with van der Waals surface area (Å²) in [6.07, 6.45) is 3.11. The molecule has 0 aliphatic carbocycles. The van der Waals surface area contributed by atoms with Crippen molar-refractivity contribution in [3.05, 3.63) is 59.2 Å². The molecule has 88 valence electrons. The number of rotatable bonds is 2. The lowest BCUT2D eigenvalue weighted by Crippen LogP contribution is -2.18. The summed E-state index contributed by atoms with van der Waals surface area (Å²) in [6.45, 7) is 1.82. The van der Waals surface area contributed by atoms with E-state index in [0.29, 0.717) is 0 Å². The molecule has 0 aliphatic rings. The second-order valence-electron chi connectivity index (χ2n) is 3.73. The van der Waals surface area contributed by atoms with Gasteiger partial charge in [0, 0.05) is 18.0 Å². The van der Waals surface area contributed by atoms with Crippen LogP contribution in [0.25, 0.3) is 0 Å². The van der Waals surface area contributed by atoms with Gasteiger partial charge in [-0.25, -0.2) is 18.7 Å². The van der Waals surface area contributed by atoms with E-state index < -0.39 is 17.7 Å². The summed E-state index contributed by atoms with van der Waals surface area (Å²) in [6, 6.07) is 2.60. The van der Waals surface area contributed by atoms with Gasteiger partial charge in [-0.1, -0.05) is 6.07 Å². The Labute approximate surface area is 97.3 Å². The zero-order chi connectivity index (χ0) is 12.4. The van der Waals surface area contributed by atoms with Crippen LogP contribution < -0.4 is 5.73 Å². The average Bonchev–Trinajstić information content (AvgIpc) is 2.29. The smallest absolute Gasteiger partial charge is 0.149 e. The van der Waals surface area contributed by atoms with Crippen molar-refractivity contribution in [2.24, 2.45) is 5.73 Å². The highest BCUT2D eigenvalue weighted by atomic mass is 19.1. The van der Waals surface area contributed by atoms with Crippen molar-refractivity contribution in [1.29, 1.82) is 0 Å². The molecular weight excluding hydrogens is 224 g/mol. The summed E-state index contributed by atoms with van der Waals surface area (Å²) < 4.78 is 27.0. The minimum atomic E-state index is -1.00. The number of hydrogen-bond acceptors (Lipinski definition) is 3. The maximum Gasteiger partial charge on any atom is 0.149 e. The van der Waals surface area contributed by atoms with Gasteiger partial charge in [0.2, 0.25) is 0 Å². The Kier molecular flexibility index (Phi) is 3.10. The number of aromatic nitrogens is 2. The van der Waals surface area contributed by atoms with Crippen LogP contribution in [0.3, 0.4) is 0 Å². The molecule has 0 fully saturated rings. The van der Waals surface area contributed by atoms with Gasteiger partial charge in [-0.3, -0.25) is 0 Å². The molecule has 0 saturated heterocycles. The van der Waals surface area contributed by atoms with Crippen LogP contribution >= 0.6 is 0 Å². The van der Waals surface area contributed by atoms with Gasteiger partial charge in [0.15, 0.2) is 0 Å². The second-order valence-corrected chi connectivity index (χ2v) is 3.73. The fraction of sp³-hybridized carbons (Fsp3) is 0.167. The van der Waals surface area contributed by atoms with Crippen molar-refractivity contribution >= 4 is 0 Å². The molecule has 0 spiro atoms. The molecule has 2 N–H and O–H groups in total. The number of benzene rings is 1. The fourth-order valence-electron chi connectivity index (χ4n) is 1.50. The van der Waals surface area contributed by atoms with Gasteiger partial charge < -0.3 is 5.73 Å². The Morgan fingerprint density at radius 2 is 1.65 bits per heavy atom. The Morgan fingerprint density at radius 1 is 1.12 bits per heavy atom. The van der Waals surface area contributed by atoms with Crippen molar-refractivity contribution in [3.8, 4) is 0 Å². The predicted molar refractivity (Wildman–Crippen MR) is 59.2 cm³/mol. The molecule has 0 bridgehead atoms. The summed E-state index contributed by atoms with van der Waals surface area (Å²) >= 11 is 0. The Balaban J connectivity index is 2.43. The van der Waals surface area contributed by atoms with Gasteiger partial charge in [0.25, 0.3) is 0 Å². The zero-order valence-electron chi connectivity index (χ0n) is 9.19. The SMILES string of the molecule is Cc1cnc(C(N)c2c(F)cccc2F)nc1. The molecule has 0 amide bonds. The second kappa shape index (κ2) is 4.55. The van der Waals surface area contributed by atoms with Crippen LogP contribution in [-0.2, 0) is 0 Å². The van der Waals surface area contributed by atoms with Gasteiger partial charge in [0.1, 0.15) is 17.5 Å². The number of aryl methyl sites for hydroxylation is 1. The third kappa shape index (κ3) is 2.29. The molecular formula is C12H11F2N3. The first-order valence-corrected chi connectivity index (χ1v) is 5.07. The molecule has 0 aliphatic heterocycles. The molecule has 17 heavy (non-hydrogen) atoms. The highest BCUT2D eigenvalue weighted by Gasteiger charge is 2.20. The molecule has 0 saturated carbocycles. The van der Waals surface area contributed by atoms with E-state index in [-0.39, 0.29) is 11.4 Å². The van der Waals surface area contributed by atoms with E-state index in [1.54, 1.807) is 12.4 Å². The molecule has 1 atom stereocenters. The van der Waals surface area contributed by atoms with Crippen molar-refractivity contribution in [3.63, 3.8) is 0 Å². The molecule has 2 aromatic rings. The number of nitrogens with two attached hydrogens (primary N) is 1. The average molecular weight is 235 g/mol. The molecule has 3 nitrogen and oxygen atoms in total. The first-order valence-electron chi connectivity index (χ1n) is 5.07. The zero-order valence-corrected chi connectivity index (χ0v) is 9.19. The standard InChI is InChI=1S/C12H11F2N3/c1-7-5-16-12(17-6-7)11(15)10-8(13)3-2-4-9(10)14/h2-6,11H,15H2,1H3. The number of nitrogens with zero attached hydrogens (tertiary/aromatic N) is 2. The molecule has 0 radical (unpaired) electrons. The van der Waals surface area contributed by atoms with Gasteiger partial charge in [-0.05, 0) is 24.6 Å². The molecule has 5 heteroatoms. The number of hydrogen-bond donors (Lipinski definition) is 1. The maximum atomic E-state index is 13.5. The predicted octanol–water partition coefficient (Wildman–Crippen LogP) is 2.11. The molecule has 2 rings (SSSR count). The third-order valence-corrected chi connectivity index (χ3v) is 2.39. The summed E-state index contributed by atoms with van der Waals surface area (Å²) in [5.41, 5.74) is 6.41. The van der Waals surface area contributed by atoms with Crippen LogP contribution in [0.4, 0.5) is 8.78 Å². The molecule has 1 heterocycles. The van der Waals surface area contributed by atoms with Crippen LogP contribution in [0.5, 0.6) is 0 Å².